The van der Waals surface area contributed by atoms with Crippen LogP contribution in [0.25, 0.3) is 0 Å². The Balaban J connectivity index is 2.67. The summed E-state index contributed by atoms with van der Waals surface area (Å²) in [5.74, 6) is -0.185. The van der Waals surface area contributed by atoms with Crippen molar-refractivity contribution in [2.24, 2.45) is 5.92 Å². The van der Waals surface area contributed by atoms with Crippen molar-refractivity contribution in [3.8, 4) is 6.07 Å². The minimum absolute atomic E-state index is 0.00517. The van der Waals surface area contributed by atoms with Gasteiger partial charge in [-0.05, 0) is 23.6 Å². The first-order valence-electron chi connectivity index (χ1n) is 5.61. The summed E-state index contributed by atoms with van der Waals surface area (Å²) < 4.78 is 13.1. The molecule has 0 bridgehead atoms. The Kier molecular flexibility index (Phi) is 5.08. The molecule has 1 aromatic carbocycles. The fourth-order valence-corrected chi connectivity index (χ4v) is 1.53. The molecule has 1 atom stereocenters. The zero-order chi connectivity index (χ0) is 12.8. The van der Waals surface area contributed by atoms with E-state index in [0.29, 0.717) is 12.5 Å². The number of hydrogen-bond donors (Lipinski definition) is 2. The van der Waals surface area contributed by atoms with Gasteiger partial charge in [-0.2, -0.15) is 5.26 Å². The van der Waals surface area contributed by atoms with Crippen molar-refractivity contribution >= 4 is 0 Å². The number of nitrogens with one attached hydrogen (secondary N) is 1. The largest absolute Gasteiger partial charge is 0.395 e. The average molecular weight is 236 g/mol. The lowest BCUT2D eigenvalue weighted by atomic mass is 10.0. The second kappa shape index (κ2) is 6.33. The molecule has 0 aromatic heterocycles. The highest BCUT2D eigenvalue weighted by atomic mass is 19.1. The lowest BCUT2D eigenvalue weighted by Crippen LogP contribution is -2.36. The van der Waals surface area contributed by atoms with Crippen molar-refractivity contribution in [3.05, 3.63) is 35.1 Å². The van der Waals surface area contributed by atoms with E-state index in [9.17, 15) is 4.39 Å². The standard InChI is InChI=1S/C13H17FN2O/c1-9(2)13(8-17)16-7-10-3-4-12(14)11(5-10)6-15/h3-5,9,13,16-17H,7-8H2,1-2H3/t13-/m1/s1. The maximum Gasteiger partial charge on any atom is 0.140 e. The molecular weight excluding hydrogens is 219 g/mol. The summed E-state index contributed by atoms with van der Waals surface area (Å²) in [4.78, 5) is 0. The Morgan fingerprint density at radius 1 is 1.47 bits per heavy atom. The number of rotatable bonds is 5. The predicted molar refractivity (Wildman–Crippen MR) is 63.7 cm³/mol. The third kappa shape index (κ3) is 3.81. The highest BCUT2D eigenvalue weighted by molar-refractivity contribution is 5.34. The number of nitriles is 1. The smallest absolute Gasteiger partial charge is 0.140 e. The van der Waals surface area contributed by atoms with Crippen molar-refractivity contribution in [2.75, 3.05) is 6.61 Å². The summed E-state index contributed by atoms with van der Waals surface area (Å²) in [6.45, 7) is 4.60. The quantitative estimate of drug-likeness (QED) is 0.819. The summed E-state index contributed by atoms with van der Waals surface area (Å²) in [7, 11) is 0. The fourth-order valence-electron chi connectivity index (χ4n) is 1.53. The van der Waals surface area contributed by atoms with Crippen LogP contribution in [0.2, 0.25) is 0 Å². The average Bonchev–Trinajstić information content (AvgIpc) is 2.31. The molecule has 1 rings (SSSR count). The Bertz CT molecular complexity index is 412. The van der Waals surface area contributed by atoms with Gasteiger partial charge >= 0.3 is 0 Å². The Morgan fingerprint density at radius 2 is 2.18 bits per heavy atom. The van der Waals surface area contributed by atoms with E-state index in [1.165, 1.54) is 12.1 Å². The number of aliphatic hydroxyl groups excluding tert-OH is 1. The van der Waals surface area contributed by atoms with Crippen LogP contribution < -0.4 is 5.32 Å². The minimum Gasteiger partial charge on any atom is -0.395 e. The number of halogens is 1. The van der Waals surface area contributed by atoms with Gasteiger partial charge in [0.1, 0.15) is 11.9 Å². The van der Waals surface area contributed by atoms with Crippen molar-refractivity contribution in [3.63, 3.8) is 0 Å². The van der Waals surface area contributed by atoms with E-state index in [2.05, 4.69) is 5.32 Å². The maximum absolute atomic E-state index is 13.1. The SMILES string of the molecule is CC(C)[C@@H](CO)NCc1ccc(F)c(C#N)c1. The first kappa shape index (κ1) is 13.6. The van der Waals surface area contributed by atoms with E-state index < -0.39 is 5.82 Å². The van der Waals surface area contributed by atoms with E-state index in [1.807, 2.05) is 19.9 Å². The van der Waals surface area contributed by atoms with E-state index in [4.69, 9.17) is 10.4 Å². The van der Waals surface area contributed by atoms with Crippen LogP contribution in [0.15, 0.2) is 18.2 Å². The van der Waals surface area contributed by atoms with Gasteiger partial charge < -0.3 is 10.4 Å². The molecule has 17 heavy (non-hydrogen) atoms. The van der Waals surface area contributed by atoms with Gasteiger partial charge in [-0.25, -0.2) is 4.39 Å². The van der Waals surface area contributed by atoms with Gasteiger partial charge in [0.05, 0.1) is 12.2 Å². The van der Waals surface area contributed by atoms with Crippen LogP contribution in [0.1, 0.15) is 25.0 Å². The van der Waals surface area contributed by atoms with Crippen LogP contribution in [-0.4, -0.2) is 17.8 Å². The second-order valence-corrected chi connectivity index (χ2v) is 4.34. The van der Waals surface area contributed by atoms with Gasteiger partial charge in [0, 0.05) is 12.6 Å². The van der Waals surface area contributed by atoms with Crippen LogP contribution in [0, 0.1) is 23.1 Å². The summed E-state index contributed by atoms with van der Waals surface area (Å²) in [5, 5.41) is 21.0. The zero-order valence-electron chi connectivity index (χ0n) is 10.1. The number of nitrogens with zero attached hydrogens (tertiary/aromatic N) is 1. The zero-order valence-corrected chi connectivity index (χ0v) is 10.1. The molecule has 1 aromatic rings. The van der Waals surface area contributed by atoms with E-state index in [1.54, 1.807) is 6.07 Å². The topological polar surface area (TPSA) is 56.0 Å². The number of hydrogen-bond acceptors (Lipinski definition) is 3. The Labute approximate surface area is 101 Å². The second-order valence-electron chi connectivity index (χ2n) is 4.34. The highest BCUT2D eigenvalue weighted by Crippen LogP contribution is 2.10. The monoisotopic (exact) mass is 236 g/mol. The molecular formula is C13H17FN2O. The van der Waals surface area contributed by atoms with Gasteiger partial charge in [-0.15, -0.1) is 0 Å². The number of aliphatic hydroxyl groups is 1. The maximum atomic E-state index is 13.1. The fraction of sp³-hybridized carbons (Fsp3) is 0.462. The van der Waals surface area contributed by atoms with E-state index in [-0.39, 0.29) is 18.2 Å². The normalized spacial score (nSPS) is 12.5. The summed E-state index contributed by atoms with van der Waals surface area (Å²) in [6, 6.07) is 6.27. The third-order valence-corrected chi connectivity index (χ3v) is 2.72. The molecule has 0 radical (unpaired) electrons. The van der Waals surface area contributed by atoms with E-state index in [0.717, 1.165) is 5.56 Å². The molecule has 0 unspecified atom stereocenters. The van der Waals surface area contributed by atoms with Crippen molar-refractivity contribution in [1.82, 2.24) is 5.32 Å². The molecule has 0 amide bonds. The lowest BCUT2D eigenvalue weighted by Gasteiger charge is -2.20. The van der Waals surface area contributed by atoms with E-state index >= 15 is 0 Å². The first-order chi connectivity index (χ1) is 8.08. The van der Waals surface area contributed by atoms with Crippen molar-refractivity contribution in [1.29, 1.82) is 5.26 Å². The molecule has 0 spiro atoms. The molecule has 3 nitrogen and oxygen atoms in total. The van der Waals surface area contributed by atoms with Gasteiger partial charge in [-0.3, -0.25) is 0 Å². The van der Waals surface area contributed by atoms with Crippen LogP contribution >= 0.6 is 0 Å². The summed E-state index contributed by atoms with van der Waals surface area (Å²) in [5.41, 5.74) is 0.886. The molecule has 0 heterocycles. The molecule has 92 valence electrons. The first-order valence-corrected chi connectivity index (χ1v) is 5.61. The molecule has 0 fully saturated rings. The third-order valence-electron chi connectivity index (χ3n) is 2.72. The van der Waals surface area contributed by atoms with Gasteiger partial charge in [0.25, 0.3) is 0 Å². The lowest BCUT2D eigenvalue weighted by molar-refractivity contribution is 0.210. The Hall–Kier alpha value is -1.44. The minimum atomic E-state index is -0.501. The summed E-state index contributed by atoms with van der Waals surface area (Å²) >= 11 is 0. The van der Waals surface area contributed by atoms with Crippen LogP contribution in [-0.2, 0) is 6.54 Å². The molecule has 0 aliphatic rings. The predicted octanol–water partition coefficient (Wildman–Crippen LogP) is 1.80. The summed E-state index contributed by atoms with van der Waals surface area (Å²) in [6.07, 6.45) is 0. The van der Waals surface area contributed by atoms with Gasteiger partial charge in [-0.1, -0.05) is 19.9 Å². The van der Waals surface area contributed by atoms with Crippen LogP contribution in [0.5, 0.6) is 0 Å². The Morgan fingerprint density at radius 3 is 2.71 bits per heavy atom. The molecule has 2 N–H and O–H groups in total. The van der Waals surface area contributed by atoms with Gasteiger partial charge in [0.15, 0.2) is 0 Å². The molecule has 4 heteroatoms. The van der Waals surface area contributed by atoms with Crippen molar-refractivity contribution in [2.45, 2.75) is 26.4 Å². The molecule has 0 aliphatic heterocycles. The molecule has 0 saturated heterocycles. The van der Waals surface area contributed by atoms with Crippen LogP contribution in [0.3, 0.4) is 0 Å². The highest BCUT2D eigenvalue weighted by Gasteiger charge is 2.11. The van der Waals surface area contributed by atoms with Gasteiger partial charge in [0.2, 0.25) is 0 Å². The van der Waals surface area contributed by atoms with Crippen LogP contribution in [0.4, 0.5) is 4.39 Å². The molecule has 0 saturated carbocycles. The molecule has 0 aliphatic carbocycles. The number of benzene rings is 1. The van der Waals surface area contributed by atoms with Crippen molar-refractivity contribution < 1.29 is 9.50 Å².